The van der Waals surface area contributed by atoms with Gasteiger partial charge in [0.05, 0.1) is 4.48 Å². The fraction of sp³-hybridized carbons (Fsp3) is 0.250. The Hall–Kier alpha value is -0.310. The molecule has 0 saturated heterocycles. The Bertz CT molecular complexity index is 95.9. The molecule has 40 valence electrons. The molecular weight excluding hydrogens is 156 g/mol. The zero-order valence-corrected chi connectivity index (χ0v) is 5.64. The van der Waals surface area contributed by atoms with Crippen molar-refractivity contribution in [2.45, 2.75) is 0 Å². The van der Waals surface area contributed by atoms with Crippen LogP contribution in [-0.2, 0) is 0 Å². The molecule has 0 fully saturated rings. The highest BCUT2D eigenvalue weighted by molar-refractivity contribution is 9.12. The largest absolute Gasteiger partial charge is 0.404 e. The van der Waals surface area contributed by atoms with Gasteiger partial charge in [0, 0.05) is 19.5 Å². The van der Waals surface area contributed by atoms with E-state index < -0.39 is 0 Å². The zero-order valence-electron chi connectivity index (χ0n) is 4.06. The van der Waals surface area contributed by atoms with Crippen LogP contribution in [0.5, 0.6) is 0 Å². The van der Waals surface area contributed by atoms with Gasteiger partial charge >= 0.3 is 0 Å². The SMILES string of the molecule is CN=C/C(Br)=C\N. The molecule has 0 aliphatic rings. The maximum Gasteiger partial charge on any atom is 0.0508 e. The minimum Gasteiger partial charge on any atom is -0.404 e. The van der Waals surface area contributed by atoms with E-state index in [1.807, 2.05) is 0 Å². The molecule has 0 unspecified atom stereocenters. The van der Waals surface area contributed by atoms with Crippen molar-refractivity contribution >= 4 is 22.1 Å². The minimum absolute atomic E-state index is 0.801. The molecule has 0 aromatic rings. The van der Waals surface area contributed by atoms with Gasteiger partial charge in [-0.2, -0.15) is 0 Å². The molecule has 0 atom stereocenters. The lowest BCUT2D eigenvalue weighted by Crippen LogP contribution is -1.81. The Morgan fingerprint density at radius 1 is 1.86 bits per heavy atom. The van der Waals surface area contributed by atoms with Crippen LogP contribution in [0.4, 0.5) is 0 Å². The van der Waals surface area contributed by atoms with Gasteiger partial charge in [0.2, 0.25) is 0 Å². The molecule has 0 spiro atoms. The second-order valence-corrected chi connectivity index (χ2v) is 1.85. The summed E-state index contributed by atoms with van der Waals surface area (Å²) >= 11 is 3.12. The molecular formula is C4H7BrN2. The van der Waals surface area contributed by atoms with Crippen LogP contribution < -0.4 is 5.73 Å². The van der Waals surface area contributed by atoms with Crippen molar-refractivity contribution < 1.29 is 0 Å². The monoisotopic (exact) mass is 162 g/mol. The molecule has 0 amide bonds. The summed E-state index contributed by atoms with van der Waals surface area (Å²) in [7, 11) is 1.69. The fourth-order valence-electron chi connectivity index (χ4n) is 0.166. The summed E-state index contributed by atoms with van der Waals surface area (Å²) in [6.45, 7) is 0. The van der Waals surface area contributed by atoms with E-state index in [1.165, 1.54) is 6.20 Å². The first kappa shape index (κ1) is 6.69. The number of rotatable bonds is 1. The van der Waals surface area contributed by atoms with E-state index in [0.29, 0.717) is 0 Å². The molecule has 2 nitrogen and oxygen atoms in total. The van der Waals surface area contributed by atoms with E-state index >= 15 is 0 Å². The van der Waals surface area contributed by atoms with E-state index in [4.69, 9.17) is 5.73 Å². The summed E-state index contributed by atoms with van der Waals surface area (Å²) in [4.78, 5) is 3.69. The maximum atomic E-state index is 5.06. The van der Waals surface area contributed by atoms with Gasteiger partial charge in [-0.15, -0.1) is 0 Å². The average Bonchev–Trinajstić information content (AvgIpc) is 1.68. The molecule has 7 heavy (non-hydrogen) atoms. The van der Waals surface area contributed by atoms with Crippen molar-refractivity contribution in [1.82, 2.24) is 0 Å². The molecule has 2 N–H and O–H groups in total. The van der Waals surface area contributed by atoms with Gasteiger partial charge in [0.1, 0.15) is 0 Å². The van der Waals surface area contributed by atoms with E-state index in [2.05, 4.69) is 20.9 Å². The Labute approximate surface area is 51.2 Å². The Kier molecular flexibility index (Phi) is 3.69. The van der Waals surface area contributed by atoms with Crippen LogP contribution in [0.2, 0.25) is 0 Å². The lowest BCUT2D eigenvalue weighted by Gasteiger charge is -1.78. The Morgan fingerprint density at radius 3 is 2.57 bits per heavy atom. The second-order valence-electron chi connectivity index (χ2n) is 0.939. The predicted molar refractivity (Wildman–Crippen MR) is 35.6 cm³/mol. The molecule has 0 bridgehead atoms. The Morgan fingerprint density at radius 2 is 2.43 bits per heavy atom. The quantitative estimate of drug-likeness (QED) is 0.572. The molecule has 0 aliphatic heterocycles. The lowest BCUT2D eigenvalue weighted by molar-refractivity contribution is 1.47. The topological polar surface area (TPSA) is 38.4 Å². The number of halogens is 1. The van der Waals surface area contributed by atoms with E-state index in [0.717, 1.165) is 4.48 Å². The number of aliphatic imine (C=N–C) groups is 1. The number of nitrogens with two attached hydrogens (primary N) is 1. The smallest absolute Gasteiger partial charge is 0.0508 e. The van der Waals surface area contributed by atoms with E-state index in [1.54, 1.807) is 13.3 Å². The van der Waals surface area contributed by atoms with E-state index in [9.17, 15) is 0 Å². The van der Waals surface area contributed by atoms with Crippen molar-refractivity contribution in [3.05, 3.63) is 10.7 Å². The zero-order chi connectivity index (χ0) is 5.70. The predicted octanol–water partition coefficient (Wildman–Crippen LogP) is 0.882. The highest BCUT2D eigenvalue weighted by atomic mass is 79.9. The third kappa shape index (κ3) is 3.52. The Balaban J connectivity index is 3.58. The van der Waals surface area contributed by atoms with Crippen LogP contribution in [0.25, 0.3) is 0 Å². The fourth-order valence-corrected chi connectivity index (χ4v) is 0.371. The van der Waals surface area contributed by atoms with Crippen LogP contribution in [0.3, 0.4) is 0 Å². The highest BCUT2D eigenvalue weighted by Gasteiger charge is 1.74. The van der Waals surface area contributed by atoms with Crippen LogP contribution >= 0.6 is 15.9 Å². The normalized spacial score (nSPS) is 13.1. The van der Waals surface area contributed by atoms with Gasteiger partial charge in [-0.3, -0.25) is 4.99 Å². The van der Waals surface area contributed by atoms with E-state index in [-0.39, 0.29) is 0 Å². The van der Waals surface area contributed by atoms with Crippen molar-refractivity contribution in [3.63, 3.8) is 0 Å². The number of nitrogens with zero attached hydrogens (tertiary/aromatic N) is 1. The third-order valence-electron chi connectivity index (χ3n) is 0.412. The number of hydrogen-bond donors (Lipinski definition) is 1. The van der Waals surface area contributed by atoms with Crippen LogP contribution in [-0.4, -0.2) is 13.3 Å². The van der Waals surface area contributed by atoms with Crippen molar-refractivity contribution in [2.75, 3.05) is 7.05 Å². The summed E-state index contributed by atoms with van der Waals surface area (Å²) in [5.74, 6) is 0. The first-order chi connectivity index (χ1) is 3.31. The molecule has 0 aliphatic carbocycles. The standard InChI is InChI=1S/C4H7BrN2/c1-7-3-4(5)2-6/h2-3H,6H2,1H3/b4-2+,7-3?. The number of hydrogen-bond acceptors (Lipinski definition) is 2. The summed E-state index contributed by atoms with van der Waals surface area (Å²) in [6, 6.07) is 0. The second kappa shape index (κ2) is 3.87. The van der Waals surface area contributed by atoms with Gasteiger partial charge in [0.25, 0.3) is 0 Å². The van der Waals surface area contributed by atoms with Gasteiger partial charge in [-0.05, 0) is 15.9 Å². The molecule has 0 radical (unpaired) electrons. The van der Waals surface area contributed by atoms with Gasteiger partial charge in [0.15, 0.2) is 0 Å². The van der Waals surface area contributed by atoms with Crippen LogP contribution in [0.15, 0.2) is 15.7 Å². The van der Waals surface area contributed by atoms with Crippen molar-refractivity contribution in [2.24, 2.45) is 10.7 Å². The van der Waals surface area contributed by atoms with Crippen LogP contribution in [0.1, 0.15) is 0 Å². The first-order valence-electron chi connectivity index (χ1n) is 1.81. The minimum atomic E-state index is 0.801. The number of allylic oxidation sites excluding steroid dienone is 1. The average molecular weight is 163 g/mol. The molecule has 0 aromatic heterocycles. The van der Waals surface area contributed by atoms with Gasteiger partial charge < -0.3 is 5.73 Å². The van der Waals surface area contributed by atoms with Crippen LogP contribution in [0, 0.1) is 0 Å². The summed E-state index contributed by atoms with van der Waals surface area (Å²) in [6.07, 6.45) is 3.06. The lowest BCUT2D eigenvalue weighted by atomic mass is 10.7. The molecule has 0 rings (SSSR count). The van der Waals surface area contributed by atoms with Crippen molar-refractivity contribution in [1.29, 1.82) is 0 Å². The van der Waals surface area contributed by atoms with Gasteiger partial charge in [-0.25, -0.2) is 0 Å². The van der Waals surface area contributed by atoms with Gasteiger partial charge in [-0.1, -0.05) is 0 Å². The summed E-state index contributed by atoms with van der Waals surface area (Å²) in [5, 5.41) is 0. The molecule has 0 saturated carbocycles. The van der Waals surface area contributed by atoms with Crippen molar-refractivity contribution in [3.8, 4) is 0 Å². The highest BCUT2D eigenvalue weighted by Crippen LogP contribution is 1.95. The third-order valence-corrected chi connectivity index (χ3v) is 0.881. The molecule has 0 heterocycles. The first-order valence-corrected chi connectivity index (χ1v) is 2.60. The molecule has 3 heteroatoms. The molecule has 0 aromatic carbocycles. The summed E-state index contributed by atoms with van der Waals surface area (Å²) < 4.78 is 0.801. The summed E-state index contributed by atoms with van der Waals surface area (Å²) in [5.41, 5.74) is 5.06. The maximum absolute atomic E-state index is 5.06.